The lowest BCUT2D eigenvalue weighted by atomic mass is 10.3. The van der Waals surface area contributed by atoms with E-state index in [4.69, 9.17) is 9.88 Å². The fourth-order valence-electron chi connectivity index (χ4n) is 2.16. The quantitative estimate of drug-likeness (QED) is 0.781. The highest BCUT2D eigenvalue weighted by Crippen LogP contribution is 2.29. The minimum Gasteiger partial charge on any atom is -0.383 e. The molecule has 2 N–H and O–H groups in total. The second kappa shape index (κ2) is 6.17. The molecule has 0 atom stereocenters. The summed E-state index contributed by atoms with van der Waals surface area (Å²) in [4.78, 5) is 14.0. The molecule has 0 aliphatic heterocycles. The molecule has 0 saturated heterocycles. The average molecular weight is 315 g/mol. The average Bonchev–Trinajstić information content (AvgIpc) is 3.10. The number of ether oxygens (including phenoxy) is 1. The number of amides is 1. The van der Waals surface area contributed by atoms with E-state index in [0.29, 0.717) is 31.3 Å². The molecule has 1 saturated carbocycles. The number of carbonyl (C=O) groups is 1. The van der Waals surface area contributed by atoms with E-state index < -0.39 is 10.0 Å². The molecule has 2 rings (SSSR count). The van der Waals surface area contributed by atoms with Gasteiger partial charge in [-0.1, -0.05) is 0 Å². The van der Waals surface area contributed by atoms with Gasteiger partial charge in [-0.25, -0.2) is 13.6 Å². The summed E-state index contributed by atoms with van der Waals surface area (Å²) < 4.78 is 29.5. The SMILES string of the molecule is COCCn1cc(S(N)(=O)=O)cc1C(=O)N(C)CC1CC1. The van der Waals surface area contributed by atoms with Crippen LogP contribution in [0, 0.1) is 5.92 Å². The molecule has 0 spiro atoms. The highest BCUT2D eigenvalue weighted by atomic mass is 32.2. The molecule has 0 bridgehead atoms. The van der Waals surface area contributed by atoms with Crippen LogP contribution in [0.4, 0.5) is 0 Å². The number of hydrogen-bond donors (Lipinski definition) is 1. The molecule has 1 fully saturated rings. The molecule has 1 aromatic rings. The lowest BCUT2D eigenvalue weighted by Gasteiger charge is -2.18. The summed E-state index contributed by atoms with van der Waals surface area (Å²) in [5.41, 5.74) is 0.319. The minimum atomic E-state index is -3.83. The molecule has 7 nitrogen and oxygen atoms in total. The topological polar surface area (TPSA) is 94.6 Å². The number of sulfonamides is 1. The largest absolute Gasteiger partial charge is 0.383 e. The van der Waals surface area contributed by atoms with E-state index in [-0.39, 0.29) is 10.8 Å². The van der Waals surface area contributed by atoms with Crippen LogP contribution in [0.2, 0.25) is 0 Å². The Labute approximate surface area is 124 Å². The fraction of sp³-hybridized carbons (Fsp3) is 0.615. The summed E-state index contributed by atoms with van der Waals surface area (Å²) in [6.45, 7) is 1.47. The van der Waals surface area contributed by atoms with Crippen LogP contribution in [0.3, 0.4) is 0 Å². The summed E-state index contributed by atoms with van der Waals surface area (Å²) >= 11 is 0. The molecule has 0 aromatic carbocycles. The van der Waals surface area contributed by atoms with Crippen LogP contribution < -0.4 is 5.14 Å². The Morgan fingerprint density at radius 3 is 2.71 bits per heavy atom. The van der Waals surface area contributed by atoms with Crippen molar-refractivity contribution in [2.45, 2.75) is 24.3 Å². The van der Waals surface area contributed by atoms with E-state index >= 15 is 0 Å². The van der Waals surface area contributed by atoms with Crippen LogP contribution in [0.15, 0.2) is 17.2 Å². The van der Waals surface area contributed by atoms with Crippen LogP contribution in [0.25, 0.3) is 0 Å². The number of nitrogens with two attached hydrogens (primary N) is 1. The maximum Gasteiger partial charge on any atom is 0.270 e. The van der Waals surface area contributed by atoms with Gasteiger partial charge in [0.25, 0.3) is 5.91 Å². The normalized spacial score (nSPS) is 15.2. The second-order valence-electron chi connectivity index (χ2n) is 5.42. The molecular weight excluding hydrogens is 294 g/mol. The molecule has 8 heteroatoms. The maximum atomic E-state index is 12.5. The van der Waals surface area contributed by atoms with Crippen molar-refractivity contribution in [1.82, 2.24) is 9.47 Å². The zero-order chi connectivity index (χ0) is 15.6. The Hall–Kier alpha value is -1.38. The van der Waals surface area contributed by atoms with Crippen LogP contribution >= 0.6 is 0 Å². The lowest BCUT2D eigenvalue weighted by Crippen LogP contribution is -2.30. The van der Waals surface area contributed by atoms with Crippen LogP contribution in [-0.2, 0) is 21.3 Å². The van der Waals surface area contributed by atoms with Crippen LogP contribution in [0.5, 0.6) is 0 Å². The molecular formula is C13H21N3O4S. The van der Waals surface area contributed by atoms with Crippen molar-refractivity contribution in [3.05, 3.63) is 18.0 Å². The van der Waals surface area contributed by atoms with Gasteiger partial charge in [-0.3, -0.25) is 4.79 Å². The molecule has 118 valence electrons. The number of aromatic nitrogens is 1. The summed E-state index contributed by atoms with van der Waals surface area (Å²) in [5, 5.41) is 5.14. The fourth-order valence-corrected chi connectivity index (χ4v) is 2.71. The van der Waals surface area contributed by atoms with Gasteiger partial charge in [0.05, 0.1) is 6.61 Å². The Morgan fingerprint density at radius 2 is 2.19 bits per heavy atom. The van der Waals surface area contributed by atoms with E-state index in [1.54, 1.807) is 23.6 Å². The summed E-state index contributed by atoms with van der Waals surface area (Å²) in [7, 11) is -0.558. The van der Waals surface area contributed by atoms with Crippen LogP contribution in [-0.4, -0.2) is 51.1 Å². The van der Waals surface area contributed by atoms with Crippen molar-refractivity contribution in [2.24, 2.45) is 11.1 Å². The number of nitrogens with zero attached hydrogens (tertiary/aromatic N) is 2. The summed E-state index contributed by atoms with van der Waals surface area (Å²) in [6, 6.07) is 1.33. The number of rotatable bonds is 7. The van der Waals surface area contributed by atoms with Crippen molar-refractivity contribution in [3.8, 4) is 0 Å². The first-order valence-electron chi connectivity index (χ1n) is 6.80. The third kappa shape index (κ3) is 4.05. The highest BCUT2D eigenvalue weighted by Gasteiger charge is 2.27. The van der Waals surface area contributed by atoms with Crippen molar-refractivity contribution in [3.63, 3.8) is 0 Å². The smallest absolute Gasteiger partial charge is 0.270 e. The molecule has 1 amide bonds. The van der Waals surface area contributed by atoms with Crippen molar-refractivity contribution >= 4 is 15.9 Å². The highest BCUT2D eigenvalue weighted by molar-refractivity contribution is 7.89. The molecule has 1 aliphatic rings. The zero-order valence-corrected chi connectivity index (χ0v) is 13.1. The van der Waals surface area contributed by atoms with E-state index in [1.165, 1.54) is 12.3 Å². The first-order chi connectivity index (χ1) is 9.82. The number of carbonyl (C=O) groups excluding carboxylic acids is 1. The first kappa shape index (κ1) is 16.0. The van der Waals surface area contributed by atoms with Gasteiger partial charge in [-0.05, 0) is 24.8 Å². The van der Waals surface area contributed by atoms with Gasteiger partial charge in [-0.15, -0.1) is 0 Å². The molecule has 21 heavy (non-hydrogen) atoms. The van der Waals surface area contributed by atoms with Gasteiger partial charge >= 0.3 is 0 Å². The van der Waals surface area contributed by atoms with Crippen molar-refractivity contribution in [1.29, 1.82) is 0 Å². The standard InChI is InChI=1S/C13H21N3O4S/c1-15(8-10-3-4-10)13(17)12-7-11(21(14,18)19)9-16(12)5-6-20-2/h7,9-10H,3-6,8H2,1-2H3,(H2,14,18,19). The zero-order valence-electron chi connectivity index (χ0n) is 12.3. The van der Waals surface area contributed by atoms with E-state index in [1.807, 2.05) is 0 Å². The third-order valence-corrected chi connectivity index (χ3v) is 4.41. The van der Waals surface area contributed by atoms with Gasteiger partial charge in [0.2, 0.25) is 10.0 Å². The molecule has 0 radical (unpaired) electrons. The van der Waals surface area contributed by atoms with Gasteiger partial charge in [0.1, 0.15) is 10.6 Å². The predicted molar refractivity (Wildman–Crippen MR) is 77.4 cm³/mol. The van der Waals surface area contributed by atoms with Gasteiger partial charge in [-0.2, -0.15) is 0 Å². The van der Waals surface area contributed by atoms with Crippen molar-refractivity contribution in [2.75, 3.05) is 27.3 Å². The number of primary sulfonamides is 1. The second-order valence-corrected chi connectivity index (χ2v) is 6.98. The molecule has 1 aliphatic carbocycles. The Bertz CT molecular complexity index is 619. The van der Waals surface area contributed by atoms with Crippen LogP contribution in [0.1, 0.15) is 23.3 Å². The monoisotopic (exact) mass is 315 g/mol. The molecule has 0 unspecified atom stereocenters. The van der Waals surface area contributed by atoms with Gasteiger partial charge < -0.3 is 14.2 Å². The van der Waals surface area contributed by atoms with E-state index in [0.717, 1.165) is 12.8 Å². The van der Waals surface area contributed by atoms with E-state index in [2.05, 4.69) is 0 Å². The molecule has 1 aromatic heterocycles. The Balaban J connectivity index is 2.25. The van der Waals surface area contributed by atoms with E-state index in [9.17, 15) is 13.2 Å². The summed E-state index contributed by atoms with van der Waals surface area (Å²) in [5.74, 6) is 0.368. The van der Waals surface area contributed by atoms with Crippen molar-refractivity contribution < 1.29 is 17.9 Å². The number of methoxy groups -OCH3 is 1. The third-order valence-electron chi connectivity index (χ3n) is 3.53. The first-order valence-corrected chi connectivity index (χ1v) is 8.35. The predicted octanol–water partition coefficient (Wildman–Crippen LogP) is 0.264. The maximum absolute atomic E-state index is 12.5. The minimum absolute atomic E-state index is 0.0539. The van der Waals surface area contributed by atoms with Gasteiger partial charge in [0.15, 0.2) is 0 Å². The summed E-state index contributed by atoms with van der Waals surface area (Å²) in [6.07, 6.45) is 3.67. The Kier molecular flexibility index (Phi) is 4.70. The Morgan fingerprint density at radius 1 is 1.52 bits per heavy atom. The molecule has 1 heterocycles. The van der Waals surface area contributed by atoms with Gasteiger partial charge in [0, 0.05) is 33.4 Å². The lowest BCUT2D eigenvalue weighted by molar-refractivity contribution is 0.0775. The number of hydrogen-bond acceptors (Lipinski definition) is 4.